The van der Waals surface area contributed by atoms with Gasteiger partial charge in [-0.1, -0.05) is 19.1 Å². The van der Waals surface area contributed by atoms with Crippen molar-refractivity contribution in [1.82, 2.24) is 10.6 Å². The van der Waals surface area contributed by atoms with E-state index in [1.54, 1.807) is 0 Å². The molecule has 0 saturated carbocycles. The molecular weight excluding hydrogens is 265 g/mol. The molecule has 20 heavy (non-hydrogen) atoms. The molecule has 1 aromatic rings. The molecule has 0 bridgehead atoms. The molecule has 1 aromatic carbocycles. The fraction of sp³-hybridized carbons (Fsp3) is 0.462. The summed E-state index contributed by atoms with van der Waals surface area (Å²) in [6.07, 6.45) is 1.16. The van der Waals surface area contributed by atoms with Crippen molar-refractivity contribution in [2.24, 2.45) is 0 Å². The van der Waals surface area contributed by atoms with Gasteiger partial charge in [0.25, 0.3) is 0 Å². The van der Waals surface area contributed by atoms with Crippen LogP contribution in [0.1, 0.15) is 25.3 Å². The van der Waals surface area contributed by atoms with Crippen LogP contribution >= 0.6 is 0 Å². The summed E-state index contributed by atoms with van der Waals surface area (Å²) in [5.41, 5.74) is -0.321. The minimum absolute atomic E-state index is 0.0705. The lowest BCUT2D eigenvalue weighted by atomic mass is 10.2. The number of carbonyl (C=O) groups excluding carboxylic acids is 1. The molecule has 1 rings (SSSR count). The van der Waals surface area contributed by atoms with Crippen LogP contribution in [0.3, 0.4) is 0 Å². The maximum atomic E-state index is 13.7. The molecule has 110 valence electrons. The average Bonchev–Trinajstić information content (AvgIpc) is 2.42. The molecule has 6 nitrogen and oxygen atoms in total. The van der Waals surface area contributed by atoms with Crippen LogP contribution in [0.4, 0.5) is 10.1 Å². The van der Waals surface area contributed by atoms with E-state index in [4.69, 9.17) is 0 Å². The molecule has 0 spiro atoms. The lowest BCUT2D eigenvalue weighted by Crippen LogP contribution is -2.28. The van der Waals surface area contributed by atoms with Crippen molar-refractivity contribution in [3.63, 3.8) is 0 Å². The molecule has 2 N–H and O–H groups in total. The zero-order chi connectivity index (χ0) is 15.0. The summed E-state index contributed by atoms with van der Waals surface area (Å²) in [4.78, 5) is 21.1. The fourth-order valence-corrected chi connectivity index (χ4v) is 1.62. The van der Waals surface area contributed by atoms with Crippen LogP contribution in [0.2, 0.25) is 0 Å². The van der Waals surface area contributed by atoms with Gasteiger partial charge in [-0.2, -0.15) is 4.39 Å². The summed E-state index contributed by atoms with van der Waals surface area (Å²) in [7, 11) is 0. The Hall–Kier alpha value is -2.02. The molecule has 0 aromatic heterocycles. The quantitative estimate of drug-likeness (QED) is 0.432. The number of hydrogen-bond donors (Lipinski definition) is 2. The van der Waals surface area contributed by atoms with Gasteiger partial charge < -0.3 is 10.6 Å². The molecule has 0 saturated heterocycles. The topological polar surface area (TPSA) is 84.3 Å². The Bertz CT molecular complexity index is 480. The molecule has 0 aliphatic heterocycles. The molecule has 0 radical (unpaired) electrons. The van der Waals surface area contributed by atoms with Gasteiger partial charge in [-0.05, 0) is 6.42 Å². The van der Waals surface area contributed by atoms with Crippen molar-refractivity contribution < 1.29 is 14.1 Å². The molecule has 7 heteroatoms. The first-order chi connectivity index (χ1) is 9.56. The predicted molar refractivity (Wildman–Crippen MR) is 72.7 cm³/mol. The average molecular weight is 283 g/mol. The van der Waals surface area contributed by atoms with E-state index < -0.39 is 16.4 Å². The van der Waals surface area contributed by atoms with Gasteiger partial charge in [0.2, 0.25) is 11.7 Å². The Morgan fingerprint density at radius 2 is 2.15 bits per heavy atom. The Kier molecular flexibility index (Phi) is 6.58. The number of nitro benzene ring substituents is 1. The zero-order valence-corrected chi connectivity index (χ0v) is 11.3. The Balaban J connectivity index is 2.41. The highest BCUT2D eigenvalue weighted by Gasteiger charge is 2.16. The Labute approximate surface area is 116 Å². The lowest BCUT2D eigenvalue weighted by Gasteiger charge is -2.06. The third kappa shape index (κ3) is 4.93. The number of amides is 1. The largest absolute Gasteiger partial charge is 0.356 e. The normalized spacial score (nSPS) is 10.3. The molecule has 0 aliphatic carbocycles. The highest BCUT2D eigenvalue weighted by atomic mass is 19.1. The van der Waals surface area contributed by atoms with Crippen LogP contribution in [0.25, 0.3) is 0 Å². The van der Waals surface area contributed by atoms with Crippen LogP contribution in [0.15, 0.2) is 18.2 Å². The maximum Gasteiger partial charge on any atom is 0.305 e. The molecule has 0 atom stereocenters. The lowest BCUT2D eigenvalue weighted by molar-refractivity contribution is -0.387. The first-order valence-electron chi connectivity index (χ1n) is 6.45. The van der Waals surface area contributed by atoms with E-state index >= 15 is 0 Å². The molecular formula is C13H18FN3O3. The van der Waals surface area contributed by atoms with Gasteiger partial charge in [-0.15, -0.1) is 0 Å². The fourth-order valence-electron chi connectivity index (χ4n) is 1.62. The van der Waals surface area contributed by atoms with Crippen molar-refractivity contribution in [3.8, 4) is 0 Å². The summed E-state index contributed by atoms with van der Waals surface area (Å²) >= 11 is 0. The van der Waals surface area contributed by atoms with E-state index in [9.17, 15) is 19.3 Å². The highest BCUT2D eigenvalue weighted by molar-refractivity contribution is 5.75. The van der Waals surface area contributed by atoms with Gasteiger partial charge >= 0.3 is 5.69 Å². The van der Waals surface area contributed by atoms with Gasteiger partial charge in [0.15, 0.2) is 0 Å². The highest BCUT2D eigenvalue weighted by Crippen LogP contribution is 2.19. The molecule has 0 unspecified atom stereocenters. The second-order valence-corrected chi connectivity index (χ2v) is 4.28. The van der Waals surface area contributed by atoms with Crippen molar-refractivity contribution in [2.45, 2.75) is 26.3 Å². The number of carbonyl (C=O) groups is 1. The first-order valence-corrected chi connectivity index (χ1v) is 6.45. The smallest absolute Gasteiger partial charge is 0.305 e. The van der Waals surface area contributed by atoms with E-state index in [1.165, 1.54) is 12.1 Å². The van der Waals surface area contributed by atoms with Gasteiger partial charge in [0.1, 0.15) is 0 Å². The number of nitro groups is 1. The Morgan fingerprint density at radius 1 is 1.40 bits per heavy atom. The molecule has 0 fully saturated rings. The van der Waals surface area contributed by atoms with Gasteiger partial charge in [0.05, 0.1) is 4.92 Å². The Morgan fingerprint density at radius 3 is 2.80 bits per heavy atom. The number of hydrogen-bond acceptors (Lipinski definition) is 4. The minimum atomic E-state index is -0.833. The standard InChI is InChI=1S/C13H18FN3O3/c1-2-7-16-12(18)6-8-15-9-10-4-3-5-11(13(10)14)17(19)20/h3-5,15H,2,6-9H2,1H3,(H,16,18). The molecule has 1 amide bonds. The van der Waals surface area contributed by atoms with Crippen LogP contribution in [-0.2, 0) is 11.3 Å². The van der Waals surface area contributed by atoms with Crippen molar-refractivity contribution in [3.05, 3.63) is 39.7 Å². The SMILES string of the molecule is CCCNC(=O)CCNCc1cccc([N+](=O)[O-])c1F. The van der Waals surface area contributed by atoms with Crippen molar-refractivity contribution >= 4 is 11.6 Å². The number of rotatable bonds is 8. The van der Waals surface area contributed by atoms with Crippen LogP contribution in [-0.4, -0.2) is 23.9 Å². The van der Waals surface area contributed by atoms with Crippen molar-refractivity contribution in [2.75, 3.05) is 13.1 Å². The zero-order valence-electron chi connectivity index (χ0n) is 11.3. The third-order valence-corrected chi connectivity index (χ3v) is 2.67. The predicted octanol–water partition coefficient (Wildman–Crippen LogP) is 1.74. The van der Waals surface area contributed by atoms with Gasteiger partial charge in [-0.25, -0.2) is 0 Å². The monoisotopic (exact) mass is 283 g/mol. The maximum absolute atomic E-state index is 13.7. The summed E-state index contributed by atoms with van der Waals surface area (Å²) in [5.74, 6) is -0.903. The molecule has 0 aliphatic rings. The summed E-state index contributed by atoms with van der Waals surface area (Å²) in [5, 5.41) is 16.2. The number of nitrogens with zero attached hydrogens (tertiary/aromatic N) is 1. The van der Waals surface area contributed by atoms with Crippen LogP contribution < -0.4 is 10.6 Å². The van der Waals surface area contributed by atoms with E-state index in [2.05, 4.69) is 10.6 Å². The van der Waals surface area contributed by atoms with Crippen LogP contribution in [0.5, 0.6) is 0 Å². The van der Waals surface area contributed by atoms with E-state index in [0.717, 1.165) is 12.5 Å². The summed E-state index contributed by atoms with van der Waals surface area (Å²) < 4.78 is 13.7. The van der Waals surface area contributed by atoms with E-state index in [1.807, 2.05) is 6.92 Å². The molecule has 0 heterocycles. The van der Waals surface area contributed by atoms with Gasteiger partial charge in [0, 0.05) is 37.7 Å². The second-order valence-electron chi connectivity index (χ2n) is 4.28. The summed E-state index contributed by atoms with van der Waals surface area (Å²) in [6.45, 7) is 3.13. The van der Waals surface area contributed by atoms with Crippen molar-refractivity contribution in [1.29, 1.82) is 0 Å². The minimum Gasteiger partial charge on any atom is -0.356 e. The summed E-state index contributed by atoms with van der Waals surface area (Å²) in [6, 6.07) is 4.04. The number of benzene rings is 1. The third-order valence-electron chi connectivity index (χ3n) is 2.67. The van der Waals surface area contributed by atoms with Crippen LogP contribution in [0, 0.1) is 15.9 Å². The number of halogens is 1. The first kappa shape index (κ1) is 16.0. The second kappa shape index (κ2) is 8.21. The van der Waals surface area contributed by atoms with Gasteiger partial charge in [-0.3, -0.25) is 14.9 Å². The van der Waals surface area contributed by atoms with E-state index in [-0.39, 0.29) is 24.4 Å². The number of nitrogens with one attached hydrogen (secondary N) is 2. The van der Waals surface area contributed by atoms with E-state index in [0.29, 0.717) is 13.1 Å².